The van der Waals surface area contributed by atoms with E-state index in [-0.39, 0.29) is 11.0 Å². The fraction of sp³-hybridized carbons (Fsp3) is 0.529. The van der Waals surface area contributed by atoms with Gasteiger partial charge in [0, 0.05) is 12.6 Å². The quantitative estimate of drug-likeness (QED) is 0.829. The standard InChI is InChI=1S/C17H22N2O5S/c1-17(2,3)24-16(20)19-10-6-7-12(19)11-25(21,22)15-18-13-8-4-5-9-14(13)23-15/h4-5,8-9,12H,6-7,10-11H2,1-3H3/t12-/m0/s1. The maximum absolute atomic E-state index is 12.7. The molecule has 8 heteroatoms. The first kappa shape index (κ1) is 17.7. The molecular formula is C17H22N2O5S. The van der Waals surface area contributed by atoms with Crippen molar-refractivity contribution in [2.75, 3.05) is 12.3 Å². The minimum atomic E-state index is -3.74. The van der Waals surface area contributed by atoms with E-state index in [1.165, 1.54) is 4.90 Å². The Kier molecular flexibility index (Phi) is 4.49. The first-order chi connectivity index (χ1) is 11.7. The minimum absolute atomic E-state index is 0.223. The molecular weight excluding hydrogens is 344 g/mol. The van der Waals surface area contributed by atoms with E-state index in [0.29, 0.717) is 24.1 Å². The second kappa shape index (κ2) is 6.33. The number of oxazole rings is 1. The molecule has 1 atom stereocenters. The van der Waals surface area contributed by atoms with Crippen molar-refractivity contribution in [3.8, 4) is 0 Å². The Hall–Kier alpha value is -2.09. The number of likely N-dealkylation sites (tertiary alicyclic amines) is 1. The highest BCUT2D eigenvalue weighted by molar-refractivity contribution is 7.91. The van der Waals surface area contributed by atoms with Crippen LogP contribution in [0.4, 0.5) is 4.79 Å². The molecule has 7 nitrogen and oxygen atoms in total. The lowest BCUT2D eigenvalue weighted by Gasteiger charge is -2.28. The number of aromatic nitrogens is 1. The SMILES string of the molecule is CC(C)(C)OC(=O)N1CCC[C@H]1CS(=O)(=O)c1nc2ccccc2o1. The van der Waals surface area contributed by atoms with Crippen molar-refractivity contribution in [1.29, 1.82) is 0 Å². The summed E-state index contributed by atoms with van der Waals surface area (Å²) in [6.07, 6.45) is 0.869. The fourth-order valence-corrected chi connectivity index (χ4v) is 4.33. The van der Waals surface area contributed by atoms with Gasteiger partial charge in [0.2, 0.25) is 9.84 Å². The summed E-state index contributed by atoms with van der Waals surface area (Å²) in [7, 11) is -3.74. The maximum atomic E-state index is 12.7. The number of sulfone groups is 1. The smallest absolute Gasteiger partial charge is 0.410 e. The lowest BCUT2D eigenvalue weighted by molar-refractivity contribution is 0.0241. The van der Waals surface area contributed by atoms with Gasteiger partial charge in [-0.1, -0.05) is 12.1 Å². The molecule has 0 aliphatic carbocycles. The van der Waals surface area contributed by atoms with Crippen LogP contribution in [-0.2, 0) is 14.6 Å². The lowest BCUT2D eigenvalue weighted by Crippen LogP contribution is -2.42. The summed E-state index contributed by atoms with van der Waals surface area (Å²) in [5, 5.41) is -0.301. The molecule has 1 aromatic heterocycles. The predicted molar refractivity (Wildman–Crippen MR) is 92.0 cm³/mol. The average Bonchev–Trinajstić information content (AvgIpc) is 3.11. The number of para-hydroxylation sites is 2. The summed E-state index contributed by atoms with van der Waals surface area (Å²) in [5.74, 6) is -0.223. The van der Waals surface area contributed by atoms with E-state index >= 15 is 0 Å². The Balaban J connectivity index is 1.78. The molecule has 2 heterocycles. The summed E-state index contributed by atoms with van der Waals surface area (Å²) in [4.78, 5) is 17.9. The Bertz CT molecular complexity index is 849. The van der Waals surface area contributed by atoms with Gasteiger partial charge in [0.05, 0.1) is 5.75 Å². The third-order valence-electron chi connectivity index (χ3n) is 3.96. The zero-order chi connectivity index (χ0) is 18.2. The Morgan fingerprint density at radius 3 is 2.76 bits per heavy atom. The Morgan fingerprint density at radius 2 is 2.08 bits per heavy atom. The van der Waals surface area contributed by atoms with Crippen LogP contribution in [-0.4, -0.2) is 48.3 Å². The third-order valence-corrected chi connectivity index (χ3v) is 5.49. The maximum Gasteiger partial charge on any atom is 0.410 e. The number of fused-ring (bicyclic) bond motifs is 1. The Labute approximate surface area is 146 Å². The van der Waals surface area contributed by atoms with Crippen molar-refractivity contribution in [1.82, 2.24) is 9.88 Å². The summed E-state index contributed by atoms with van der Waals surface area (Å²) < 4.78 is 36.1. The topological polar surface area (TPSA) is 89.7 Å². The van der Waals surface area contributed by atoms with E-state index < -0.39 is 27.6 Å². The van der Waals surface area contributed by atoms with Crippen LogP contribution in [0.15, 0.2) is 33.9 Å². The lowest BCUT2D eigenvalue weighted by atomic mass is 10.2. The van der Waals surface area contributed by atoms with Crippen molar-refractivity contribution in [3.63, 3.8) is 0 Å². The number of hydrogen-bond acceptors (Lipinski definition) is 6. The normalized spacial score (nSPS) is 18.7. The molecule has 0 unspecified atom stereocenters. The average molecular weight is 366 g/mol. The van der Waals surface area contributed by atoms with Crippen LogP contribution in [0.2, 0.25) is 0 Å². The first-order valence-corrected chi connectivity index (χ1v) is 9.89. The third kappa shape index (κ3) is 3.95. The van der Waals surface area contributed by atoms with Crippen LogP contribution in [0, 0.1) is 0 Å². The molecule has 1 amide bonds. The summed E-state index contributed by atoms with van der Waals surface area (Å²) in [6, 6.07) is 6.45. The van der Waals surface area contributed by atoms with E-state index in [1.54, 1.807) is 45.0 Å². The molecule has 3 rings (SSSR count). The molecule has 0 spiro atoms. The molecule has 0 radical (unpaired) electrons. The van der Waals surface area contributed by atoms with E-state index in [1.807, 2.05) is 0 Å². The number of carbonyl (C=O) groups is 1. The number of ether oxygens (including phenoxy) is 1. The zero-order valence-electron chi connectivity index (χ0n) is 14.6. The fourth-order valence-electron chi connectivity index (χ4n) is 2.88. The molecule has 1 aromatic carbocycles. The number of hydrogen-bond donors (Lipinski definition) is 0. The Morgan fingerprint density at radius 1 is 1.36 bits per heavy atom. The van der Waals surface area contributed by atoms with E-state index in [9.17, 15) is 13.2 Å². The highest BCUT2D eigenvalue weighted by atomic mass is 32.2. The van der Waals surface area contributed by atoms with Crippen LogP contribution in [0.1, 0.15) is 33.6 Å². The van der Waals surface area contributed by atoms with E-state index in [0.717, 1.165) is 6.42 Å². The summed E-state index contributed by atoms with van der Waals surface area (Å²) in [5.41, 5.74) is 0.302. The molecule has 1 aliphatic heterocycles. The molecule has 1 aliphatic rings. The van der Waals surface area contributed by atoms with Gasteiger partial charge in [0.1, 0.15) is 11.1 Å². The van der Waals surface area contributed by atoms with Crippen LogP contribution >= 0.6 is 0 Å². The van der Waals surface area contributed by atoms with Crippen LogP contribution in [0.25, 0.3) is 11.1 Å². The number of amides is 1. The molecule has 1 saturated heterocycles. The van der Waals surface area contributed by atoms with Gasteiger partial charge in [0.15, 0.2) is 5.58 Å². The van der Waals surface area contributed by atoms with Gasteiger partial charge in [-0.05, 0) is 45.7 Å². The van der Waals surface area contributed by atoms with Crippen molar-refractivity contribution in [3.05, 3.63) is 24.3 Å². The molecule has 25 heavy (non-hydrogen) atoms. The van der Waals surface area contributed by atoms with Crippen LogP contribution in [0.3, 0.4) is 0 Å². The molecule has 0 bridgehead atoms. The molecule has 0 saturated carbocycles. The number of rotatable bonds is 3. The molecule has 136 valence electrons. The predicted octanol–water partition coefficient (Wildman–Crippen LogP) is 3.00. The largest absolute Gasteiger partial charge is 0.444 e. The van der Waals surface area contributed by atoms with E-state index in [4.69, 9.17) is 9.15 Å². The number of benzene rings is 1. The van der Waals surface area contributed by atoms with Crippen molar-refractivity contribution < 1.29 is 22.4 Å². The molecule has 2 aromatic rings. The van der Waals surface area contributed by atoms with Gasteiger partial charge in [0.25, 0.3) is 0 Å². The summed E-state index contributed by atoms with van der Waals surface area (Å²) >= 11 is 0. The van der Waals surface area contributed by atoms with Crippen LogP contribution < -0.4 is 0 Å². The van der Waals surface area contributed by atoms with Gasteiger partial charge in [-0.15, -0.1) is 0 Å². The van der Waals surface area contributed by atoms with Gasteiger partial charge >= 0.3 is 11.3 Å². The van der Waals surface area contributed by atoms with Gasteiger partial charge in [-0.3, -0.25) is 0 Å². The number of carbonyl (C=O) groups excluding carboxylic acids is 1. The van der Waals surface area contributed by atoms with Gasteiger partial charge < -0.3 is 14.1 Å². The number of nitrogens with zero attached hydrogens (tertiary/aromatic N) is 2. The van der Waals surface area contributed by atoms with Crippen molar-refractivity contribution >= 4 is 27.0 Å². The monoisotopic (exact) mass is 366 g/mol. The van der Waals surface area contributed by atoms with E-state index in [2.05, 4.69) is 4.98 Å². The van der Waals surface area contributed by atoms with Gasteiger partial charge in [-0.25, -0.2) is 13.2 Å². The highest BCUT2D eigenvalue weighted by Crippen LogP contribution is 2.25. The van der Waals surface area contributed by atoms with Crippen LogP contribution in [0.5, 0.6) is 0 Å². The minimum Gasteiger partial charge on any atom is -0.444 e. The molecule has 0 N–H and O–H groups in total. The second-order valence-electron chi connectivity index (χ2n) is 7.20. The highest BCUT2D eigenvalue weighted by Gasteiger charge is 2.37. The van der Waals surface area contributed by atoms with Gasteiger partial charge in [-0.2, -0.15) is 4.98 Å². The second-order valence-corrected chi connectivity index (χ2v) is 9.11. The van der Waals surface area contributed by atoms with Crippen molar-refractivity contribution in [2.24, 2.45) is 0 Å². The first-order valence-electron chi connectivity index (χ1n) is 8.24. The summed E-state index contributed by atoms with van der Waals surface area (Å²) in [6.45, 7) is 5.84. The van der Waals surface area contributed by atoms with Crippen molar-refractivity contribution in [2.45, 2.75) is 50.5 Å². The zero-order valence-corrected chi connectivity index (χ0v) is 15.4. The molecule has 1 fully saturated rings.